The van der Waals surface area contributed by atoms with Crippen LogP contribution < -0.4 is 10.1 Å². The van der Waals surface area contributed by atoms with Crippen molar-refractivity contribution in [2.24, 2.45) is 11.8 Å². The van der Waals surface area contributed by atoms with Crippen LogP contribution in [0.5, 0.6) is 5.75 Å². The molecule has 0 aliphatic carbocycles. The number of hydrogen-bond donors (Lipinski definition) is 2. The molecule has 0 bridgehead atoms. The van der Waals surface area contributed by atoms with Crippen LogP contribution in [-0.2, 0) is 11.3 Å². The minimum absolute atomic E-state index is 0.106. The highest BCUT2D eigenvalue weighted by atomic mass is 16.5. The van der Waals surface area contributed by atoms with E-state index in [1.807, 2.05) is 39.0 Å². The van der Waals surface area contributed by atoms with Gasteiger partial charge in [0.2, 0.25) is 5.91 Å². The monoisotopic (exact) mass is 265 g/mol. The Kier molecular flexibility index (Phi) is 5.83. The maximum atomic E-state index is 11.9. The standard InChI is InChI=1S/C15H23NO3/c1-10(2)13(9-17)15(18)16-8-12-5-6-14(19-4)11(3)7-12/h5-7,10,13,17H,8-9H2,1-4H3,(H,16,18). The quantitative estimate of drug-likeness (QED) is 0.825. The van der Waals surface area contributed by atoms with Crippen molar-refractivity contribution < 1.29 is 14.6 Å². The summed E-state index contributed by atoms with van der Waals surface area (Å²) in [5, 5.41) is 12.1. The molecule has 1 aromatic carbocycles. The van der Waals surface area contributed by atoms with Crippen LogP contribution >= 0.6 is 0 Å². The summed E-state index contributed by atoms with van der Waals surface area (Å²) >= 11 is 0. The Hall–Kier alpha value is -1.55. The lowest BCUT2D eigenvalue weighted by molar-refractivity contribution is -0.127. The number of rotatable bonds is 6. The van der Waals surface area contributed by atoms with E-state index >= 15 is 0 Å². The third-order valence-corrected chi connectivity index (χ3v) is 3.26. The molecule has 0 heterocycles. The van der Waals surface area contributed by atoms with Crippen molar-refractivity contribution in [3.63, 3.8) is 0 Å². The Morgan fingerprint density at radius 1 is 1.42 bits per heavy atom. The molecule has 0 saturated carbocycles. The Morgan fingerprint density at radius 2 is 2.11 bits per heavy atom. The number of ether oxygens (including phenoxy) is 1. The fraction of sp³-hybridized carbons (Fsp3) is 0.533. The summed E-state index contributed by atoms with van der Waals surface area (Å²) < 4.78 is 5.19. The van der Waals surface area contributed by atoms with Gasteiger partial charge >= 0.3 is 0 Å². The molecule has 0 aromatic heterocycles. The van der Waals surface area contributed by atoms with Crippen molar-refractivity contribution in [1.29, 1.82) is 0 Å². The number of benzene rings is 1. The van der Waals surface area contributed by atoms with Gasteiger partial charge in [-0.25, -0.2) is 0 Å². The largest absolute Gasteiger partial charge is 0.496 e. The second-order valence-corrected chi connectivity index (χ2v) is 5.05. The maximum Gasteiger partial charge on any atom is 0.225 e. The van der Waals surface area contributed by atoms with E-state index in [1.165, 1.54) is 0 Å². The number of aliphatic hydroxyl groups excluding tert-OH is 1. The van der Waals surface area contributed by atoms with Crippen LogP contribution in [0.15, 0.2) is 18.2 Å². The van der Waals surface area contributed by atoms with Crippen LogP contribution in [0.3, 0.4) is 0 Å². The van der Waals surface area contributed by atoms with Crippen LogP contribution in [0.2, 0.25) is 0 Å². The zero-order valence-corrected chi connectivity index (χ0v) is 12.1. The predicted molar refractivity (Wildman–Crippen MR) is 75.0 cm³/mol. The summed E-state index contributed by atoms with van der Waals surface area (Å²) in [7, 11) is 1.64. The highest BCUT2D eigenvalue weighted by molar-refractivity contribution is 5.79. The van der Waals surface area contributed by atoms with Gasteiger partial charge in [-0.2, -0.15) is 0 Å². The second-order valence-electron chi connectivity index (χ2n) is 5.05. The number of carbonyl (C=O) groups is 1. The Bertz CT molecular complexity index is 429. The van der Waals surface area contributed by atoms with Crippen LogP contribution in [0, 0.1) is 18.8 Å². The topological polar surface area (TPSA) is 58.6 Å². The summed E-state index contributed by atoms with van der Waals surface area (Å²) in [5.74, 6) is 0.512. The minimum atomic E-state index is -0.348. The van der Waals surface area contributed by atoms with Gasteiger partial charge < -0.3 is 15.2 Å². The molecule has 0 saturated heterocycles. The molecular formula is C15H23NO3. The number of aliphatic hydroxyl groups is 1. The number of methoxy groups -OCH3 is 1. The van der Waals surface area contributed by atoms with Gasteiger partial charge in [-0.3, -0.25) is 4.79 Å². The van der Waals surface area contributed by atoms with E-state index in [-0.39, 0.29) is 24.3 Å². The SMILES string of the molecule is COc1ccc(CNC(=O)C(CO)C(C)C)cc1C. The summed E-state index contributed by atoms with van der Waals surface area (Å²) in [4.78, 5) is 11.9. The van der Waals surface area contributed by atoms with Gasteiger partial charge in [0.1, 0.15) is 5.75 Å². The van der Waals surface area contributed by atoms with Gasteiger partial charge in [-0.15, -0.1) is 0 Å². The van der Waals surface area contributed by atoms with Gasteiger partial charge in [0.15, 0.2) is 0 Å². The molecule has 0 aliphatic rings. The Morgan fingerprint density at radius 3 is 2.58 bits per heavy atom. The molecule has 2 N–H and O–H groups in total. The smallest absolute Gasteiger partial charge is 0.225 e. The van der Waals surface area contributed by atoms with Crippen molar-refractivity contribution in [2.45, 2.75) is 27.3 Å². The van der Waals surface area contributed by atoms with Crippen LogP contribution in [-0.4, -0.2) is 24.7 Å². The van der Waals surface area contributed by atoms with E-state index in [9.17, 15) is 9.90 Å². The van der Waals surface area contributed by atoms with E-state index in [1.54, 1.807) is 7.11 Å². The van der Waals surface area contributed by atoms with Crippen molar-refractivity contribution in [2.75, 3.05) is 13.7 Å². The molecule has 4 nitrogen and oxygen atoms in total. The van der Waals surface area contributed by atoms with Crippen LogP contribution in [0.1, 0.15) is 25.0 Å². The van der Waals surface area contributed by atoms with Crippen molar-refractivity contribution >= 4 is 5.91 Å². The lowest BCUT2D eigenvalue weighted by atomic mass is 9.96. The molecule has 1 aromatic rings. The fourth-order valence-electron chi connectivity index (χ4n) is 1.97. The van der Waals surface area contributed by atoms with E-state index in [2.05, 4.69) is 5.32 Å². The first-order chi connectivity index (χ1) is 8.99. The second kappa shape index (κ2) is 7.14. The summed E-state index contributed by atoms with van der Waals surface area (Å²) in [6, 6.07) is 5.81. The van der Waals surface area contributed by atoms with E-state index < -0.39 is 0 Å². The minimum Gasteiger partial charge on any atom is -0.496 e. The highest BCUT2D eigenvalue weighted by Gasteiger charge is 2.20. The predicted octanol–water partition coefficient (Wildman–Crippen LogP) is 1.88. The average molecular weight is 265 g/mol. The summed E-state index contributed by atoms with van der Waals surface area (Å²) in [5.41, 5.74) is 2.06. The Balaban J connectivity index is 2.61. The fourth-order valence-corrected chi connectivity index (χ4v) is 1.97. The van der Waals surface area contributed by atoms with Gasteiger partial charge in [-0.05, 0) is 30.0 Å². The number of carbonyl (C=O) groups excluding carboxylic acids is 1. The normalized spacial score (nSPS) is 12.3. The summed E-state index contributed by atoms with van der Waals surface area (Å²) in [6.07, 6.45) is 0. The Labute approximate surface area is 114 Å². The average Bonchev–Trinajstić information content (AvgIpc) is 2.37. The number of amides is 1. The van der Waals surface area contributed by atoms with E-state index in [0.29, 0.717) is 6.54 Å². The van der Waals surface area contributed by atoms with Crippen LogP contribution in [0.25, 0.3) is 0 Å². The molecule has 1 unspecified atom stereocenters. The molecule has 1 amide bonds. The zero-order valence-electron chi connectivity index (χ0n) is 12.1. The molecule has 0 aliphatic heterocycles. The summed E-state index contributed by atoms with van der Waals surface area (Å²) in [6.45, 7) is 6.17. The lowest BCUT2D eigenvalue weighted by Crippen LogP contribution is -2.35. The molecule has 106 valence electrons. The molecule has 0 fully saturated rings. The first-order valence-electron chi connectivity index (χ1n) is 6.51. The third-order valence-electron chi connectivity index (χ3n) is 3.26. The number of aryl methyl sites for hydroxylation is 1. The van der Waals surface area contributed by atoms with Gasteiger partial charge in [0.25, 0.3) is 0 Å². The van der Waals surface area contributed by atoms with Crippen molar-refractivity contribution in [1.82, 2.24) is 5.32 Å². The van der Waals surface area contributed by atoms with E-state index in [4.69, 9.17) is 4.74 Å². The van der Waals surface area contributed by atoms with Crippen molar-refractivity contribution in [3.05, 3.63) is 29.3 Å². The molecule has 0 radical (unpaired) electrons. The zero-order chi connectivity index (χ0) is 14.4. The molecule has 1 rings (SSSR count). The first kappa shape index (κ1) is 15.5. The van der Waals surface area contributed by atoms with Gasteiger partial charge in [0.05, 0.1) is 19.6 Å². The number of hydrogen-bond acceptors (Lipinski definition) is 3. The molecule has 19 heavy (non-hydrogen) atoms. The number of nitrogens with one attached hydrogen (secondary N) is 1. The molecule has 0 spiro atoms. The van der Waals surface area contributed by atoms with Crippen LogP contribution in [0.4, 0.5) is 0 Å². The maximum absolute atomic E-state index is 11.9. The highest BCUT2D eigenvalue weighted by Crippen LogP contribution is 2.18. The van der Waals surface area contributed by atoms with Crippen molar-refractivity contribution in [3.8, 4) is 5.75 Å². The molecule has 4 heteroatoms. The first-order valence-corrected chi connectivity index (χ1v) is 6.51. The molecule has 1 atom stereocenters. The van der Waals surface area contributed by atoms with Gasteiger partial charge in [-0.1, -0.05) is 26.0 Å². The lowest BCUT2D eigenvalue weighted by Gasteiger charge is -2.18. The van der Waals surface area contributed by atoms with Gasteiger partial charge in [0, 0.05) is 6.54 Å². The molecular weight excluding hydrogens is 242 g/mol. The van der Waals surface area contributed by atoms with E-state index in [0.717, 1.165) is 16.9 Å². The third kappa shape index (κ3) is 4.24.